The number of ketones is 1. The third kappa shape index (κ3) is 4.86. The van der Waals surface area contributed by atoms with Crippen molar-refractivity contribution in [3.8, 4) is 0 Å². The summed E-state index contributed by atoms with van der Waals surface area (Å²) in [5.74, 6) is -4.12. The quantitative estimate of drug-likeness (QED) is 0.262. The Bertz CT molecular complexity index is 736. The zero-order chi connectivity index (χ0) is 18.1. The van der Waals surface area contributed by atoms with E-state index in [1.54, 1.807) is 0 Å². The van der Waals surface area contributed by atoms with Crippen LogP contribution in [0.3, 0.4) is 0 Å². The fraction of sp³-hybridized carbons (Fsp3) is 0.182. The van der Waals surface area contributed by atoms with Crippen molar-refractivity contribution >= 4 is 33.3 Å². The van der Waals surface area contributed by atoms with Crippen molar-refractivity contribution in [2.45, 2.75) is 11.7 Å². The summed E-state index contributed by atoms with van der Waals surface area (Å²) in [6.45, 7) is 0. The van der Waals surface area contributed by atoms with Gasteiger partial charge >= 0.3 is 21.8 Å². The van der Waals surface area contributed by atoms with Crippen LogP contribution in [-0.4, -0.2) is 25.9 Å². The largest absolute Gasteiger partial charge is 0.534 e. The lowest BCUT2D eigenvalue weighted by Gasteiger charge is -2.13. The molecule has 0 aliphatic heterocycles. The number of alkyl halides is 6. The van der Waals surface area contributed by atoms with Gasteiger partial charge in [0.1, 0.15) is 0 Å². The summed E-state index contributed by atoms with van der Waals surface area (Å²) < 4.78 is 99.2. The molecule has 0 fully saturated rings. The Balaban J connectivity index is 3.44. The number of allylic oxidation sites excluding steroid dienone is 1. The van der Waals surface area contributed by atoms with Crippen LogP contribution in [0.25, 0.3) is 5.76 Å². The first kappa shape index (κ1) is 19.3. The van der Waals surface area contributed by atoms with Crippen LogP contribution in [0, 0.1) is 0 Å². The molecule has 0 saturated carbocycles. The maximum atomic E-state index is 12.3. The number of halogens is 7. The summed E-state index contributed by atoms with van der Waals surface area (Å²) in [6, 6.07) is 4.33. The Labute approximate surface area is 130 Å². The summed E-state index contributed by atoms with van der Waals surface area (Å²) in [4.78, 5) is 10.9. The predicted molar refractivity (Wildman–Crippen MR) is 66.6 cm³/mol. The molecule has 12 heteroatoms. The van der Waals surface area contributed by atoms with Gasteiger partial charge in [-0.25, -0.2) is 0 Å². The van der Waals surface area contributed by atoms with Crippen LogP contribution in [-0.2, 0) is 19.1 Å². The van der Waals surface area contributed by atoms with Crippen molar-refractivity contribution < 1.29 is 43.7 Å². The molecule has 0 bridgehead atoms. The summed E-state index contributed by atoms with van der Waals surface area (Å²) in [5, 5.41) is -0.425. The number of hydrogen-bond donors (Lipinski definition) is 0. The minimum absolute atomic E-state index is 0.425. The lowest BCUT2D eigenvalue weighted by molar-refractivity contribution is -0.165. The van der Waals surface area contributed by atoms with Crippen molar-refractivity contribution in [2.24, 2.45) is 0 Å². The van der Waals surface area contributed by atoms with E-state index in [0.29, 0.717) is 0 Å². The van der Waals surface area contributed by atoms with Gasteiger partial charge in [0.25, 0.3) is 5.78 Å². The average molecular weight is 383 g/mol. The molecule has 0 atom stereocenters. The van der Waals surface area contributed by atoms with Gasteiger partial charge in [0.05, 0.1) is 5.02 Å². The van der Waals surface area contributed by atoms with Crippen LogP contribution in [0.15, 0.2) is 30.3 Å². The monoisotopic (exact) mass is 382 g/mol. The zero-order valence-corrected chi connectivity index (χ0v) is 12.1. The van der Waals surface area contributed by atoms with E-state index in [-0.39, 0.29) is 0 Å². The highest BCUT2D eigenvalue weighted by Crippen LogP contribution is 2.33. The average Bonchev–Trinajstić information content (AvgIpc) is 2.35. The molecular weight excluding hydrogens is 378 g/mol. The van der Waals surface area contributed by atoms with Gasteiger partial charge in [0, 0.05) is 11.6 Å². The van der Waals surface area contributed by atoms with Gasteiger partial charge in [-0.15, -0.1) is 0 Å². The van der Waals surface area contributed by atoms with Crippen LogP contribution in [0.4, 0.5) is 26.3 Å². The third-order valence-corrected chi connectivity index (χ3v) is 3.46. The number of rotatable bonds is 4. The second-order valence-corrected chi connectivity index (χ2v) is 5.78. The number of carbonyl (C=O) groups excluding carboxylic acids is 1. The highest BCUT2D eigenvalue weighted by Gasteiger charge is 2.49. The van der Waals surface area contributed by atoms with E-state index < -0.39 is 50.0 Å². The second-order valence-electron chi connectivity index (χ2n) is 3.83. The molecular formula is C11H5ClF6O4S. The van der Waals surface area contributed by atoms with E-state index in [2.05, 4.69) is 4.18 Å². The van der Waals surface area contributed by atoms with Gasteiger partial charge in [-0.3, -0.25) is 4.79 Å². The lowest BCUT2D eigenvalue weighted by atomic mass is 10.1. The SMILES string of the molecule is O=C(C=C(OS(=O)(=O)C(F)(F)F)c1ccccc1Cl)C(F)(F)F. The van der Waals surface area contributed by atoms with Gasteiger partial charge in [-0.1, -0.05) is 23.7 Å². The number of carbonyl (C=O) groups is 1. The molecule has 128 valence electrons. The molecule has 0 amide bonds. The Morgan fingerprint density at radius 3 is 2.04 bits per heavy atom. The molecule has 0 aromatic heterocycles. The summed E-state index contributed by atoms with van der Waals surface area (Å²) in [6.07, 6.45) is -5.87. The number of hydrogen-bond acceptors (Lipinski definition) is 4. The molecule has 0 aliphatic rings. The number of benzene rings is 1. The molecule has 0 heterocycles. The van der Waals surface area contributed by atoms with Gasteiger partial charge in [0.15, 0.2) is 5.76 Å². The molecule has 0 aliphatic carbocycles. The fourth-order valence-electron chi connectivity index (χ4n) is 1.17. The molecule has 0 unspecified atom stereocenters. The summed E-state index contributed by atoms with van der Waals surface area (Å²) >= 11 is 5.57. The van der Waals surface area contributed by atoms with Crippen molar-refractivity contribution in [1.29, 1.82) is 0 Å². The van der Waals surface area contributed by atoms with Gasteiger partial charge < -0.3 is 4.18 Å². The topological polar surface area (TPSA) is 60.4 Å². The van der Waals surface area contributed by atoms with E-state index in [1.165, 1.54) is 6.07 Å². The molecule has 1 rings (SSSR count). The molecule has 0 spiro atoms. The Kier molecular flexibility index (Phi) is 5.37. The van der Waals surface area contributed by atoms with Gasteiger partial charge in [0.2, 0.25) is 0 Å². The summed E-state index contributed by atoms with van der Waals surface area (Å²) in [7, 11) is -6.30. The minimum atomic E-state index is -6.30. The minimum Gasteiger partial charge on any atom is -0.375 e. The third-order valence-electron chi connectivity index (χ3n) is 2.16. The first-order chi connectivity index (χ1) is 10.3. The van der Waals surface area contributed by atoms with Crippen LogP contribution in [0.5, 0.6) is 0 Å². The summed E-state index contributed by atoms with van der Waals surface area (Å²) in [5.41, 5.74) is -6.55. The van der Waals surface area contributed by atoms with Crippen molar-refractivity contribution in [2.75, 3.05) is 0 Å². The predicted octanol–water partition coefficient (Wildman–Crippen LogP) is 3.68. The van der Waals surface area contributed by atoms with Crippen molar-refractivity contribution in [1.82, 2.24) is 0 Å². The fourth-order valence-corrected chi connectivity index (χ4v) is 1.87. The molecule has 0 saturated heterocycles. The zero-order valence-electron chi connectivity index (χ0n) is 10.6. The maximum absolute atomic E-state index is 12.3. The Morgan fingerprint density at radius 2 is 1.61 bits per heavy atom. The molecule has 4 nitrogen and oxygen atoms in total. The van der Waals surface area contributed by atoms with Gasteiger partial charge in [-0.05, 0) is 12.1 Å². The van der Waals surface area contributed by atoms with Crippen LogP contribution >= 0.6 is 11.6 Å². The van der Waals surface area contributed by atoms with E-state index in [4.69, 9.17) is 11.6 Å². The Morgan fingerprint density at radius 1 is 1.09 bits per heavy atom. The smallest absolute Gasteiger partial charge is 0.375 e. The highest BCUT2D eigenvalue weighted by molar-refractivity contribution is 7.87. The first-order valence-electron chi connectivity index (χ1n) is 5.34. The van der Waals surface area contributed by atoms with E-state index in [0.717, 1.165) is 18.2 Å². The highest BCUT2D eigenvalue weighted by atomic mass is 35.5. The van der Waals surface area contributed by atoms with Crippen LogP contribution in [0.2, 0.25) is 5.02 Å². The van der Waals surface area contributed by atoms with E-state index in [9.17, 15) is 39.6 Å². The lowest BCUT2D eigenvalue weighted by Crippen LogP contribution is -2.26. The van der Waals surface area contributed by atoms with Crippen LogP contribution in [0.1, 0.15) is 5.56 Å². The van der Waals surface area contributed by atoms with Gasteiger partial charge in [-0.2, -0.15) is 34.8 Å². The van der Waals surface area contributed by atoms with Crippen molar-refractivity contribution in [3.63, 3.8) is 0 Å². The standard InChI is InChI=1S/C11H5ClF6O4S/c12-7-4-2-1-3-6(7)8(5-9(19)10(13,14)15)22-23(20,21)11(16,17)18/h1-5H. The molecule has 23 heavy (non-hydrogen) atoms. The molecule has 1 aromatic carbocycles. The normalized spacial score (nSPS) is 13.8. The maximum Gasteiger partial charge on any atom is 0.534 e. The van der Waals surface area contributed by atoms with Crippen LogP contribution < -0.4 is 0 Å². The molecule has 0 radical (unpaired) electrons. The van der Waals surface area contributed by atoms with Crippen molar-refractivity contribution in [3.05, 3.63) is 40.9 Å². The second kappa shape index (κ2) is 6.40. The molecule has 0 N–H and O–H groups in total. The molecule has 1 aromatic rings. The van der Waals surface area contributed by atoms with E-state index >= 15 is 0 Å². The van der Waals surface area contributed by atoms with E-state index in [1.807, 2.05) is 0 Å². The first-order valence-corrected chi connectivity index (χ1v) is 7.13. The Hall–Kier alpha value is -1.75.